The summed E-state index contributed by atoms with van der Waals surface area (Å²) < 4.78 is 11.6. The van der Waals surface area contributed by atoms with Crippen LogP contribution in [-0.2, 0) is 4.79 Å². The van der Waals surface area contributed by atoms with Gasteiger partial charge in [0.05, 0.1) is 0 Å². The van der Waals surface area contributed by atoms with E-state index >= 15 is 0 Å². The molecule has 0 spiro atoms. The fourth-order valence-electron chi connectivity index (χ4n) is 0.866. The van der Waals surface area contributed by atoms with Crippen LogP contribution in [0.4, 0.5) is 4.39 Å². The van der Waals surface area contributed by atoms with E-state index < -0.39 is 12.6 Å². The quantitative estimate of drug-likeness (QED) is 0.336. The predicted molar refractivity (Wildman–Crippen MR) is 53.8 cm³/mol. The highest BCUT2D eigenvalue weighted by atomic mass is 19.1. The van der Waals surface area contributed by atoms with Crippen molar-refractivity contribution in [2.75, 3.05) is 45.9 Å². The highest BCUT2D eigenvalue weighted by Crippen LogP contribution is 1.67. The van der Waals surface area contributed by atoms with Crippen LogP contribution in [-0.4, -0.2) is 51.9 Å². The van der Waals surface area contributed by atoms with Gasteiger partial charge in [0.15, 0.2) is 6.67 Å². The molecule has 5 nitrogen and oxygen atoms in total. The van der Waals surface area contributed by atoms with E-state index in [0.717, 1.165) is 19.6 Å². The fraction of sp³-hybridized carbons (Fsp3) is 0.875. The lowest BCUT2D eigenvalue weighted by Crippen LogP contribution is -2.36. The maximum absolute atomic E-state index is 11.6. The van der Waals surface area contributed by atoms with E-state index in [2.05, 4.69) is 16.0 Å². The van der Waals surface area contributed by atoms with Gasteiger partial charge in [-0.3, -0.25) is 4.79 Å². The molecule has 0 saturated carbocycles. The lowest BCUT2D eigenvalue weighted by Gasteiger charge is -2.06. The molecule has 0 aliphatic carbocycles. The number of carbonyl (C=O) groups excluding carboxylic acids is 1. The molecule has 5 N–H and O–H groups in total. The van der Waals surface area contributed by atoms with Crippen molar-refractivity contribution in [2.45, 2.75) is 0 Å². The Balaban J connectivity index is 2.95. The first kappa shape index (κ1) is 13.3. The van der Waals surface area contributed by atoms with Crippen LogP contribution >= 0.6 is 0 Å². The van der Waals surface area contributed by atoms with Gasteiger partial charge in [0.25, 0.3) is 5.91 Å². The van der Waals surface area contributed by atoms with Crippen LogP contribution in [0.2, 0.25) is 0 Å². The molecule has 0 saturated heterocycles. The van der Waals surface area contributed by atoms with Crippen molar-refractivity contribution in [1.29, 1.82) is 0 Å². The van der Waals surface area contributed by atoms with E-state index in [4.69, 9.17) is 5.73 Å². The van der Waals surface area contributed by atoms with E-state index in [1.54, 1.807) is 0 Å². The molecule has 0 atom stereocenters. The van der Waals surface area contributed by atoms with Crippen LogP contribution < -0.4 is 21.7 Å². The third-order valence-corrected chi connectivity index (χ3v) is 1.54. The molecule has 84 valence electrons. The zero-order valence-corrected chi connectivity index (χ0v) is 8.31. The van der Waals surface area contributed by atoms with Crippen molar-refractivity contribution in [2.24, 2.45) is 5.73 Å². The minimum Gasteiger partial charge on any atom is -0.353 e. The smallest absolute Gasteiger partial charge is 0.251 e. The summed E-state index contributed by atoms with van der Waals surface area (Å²) in [5.74, 6) is -0.562. The van der Waals surface area contributed by atoms with Crippen LogP contribution in [0.15, 0.2) is 0 Å². The lowest BCUT2D eigenvalue weighted by molar-refractivity contribution is -0.121. The van der Waals surface area contributed by atoms with E-state index in [9.17, 15) is 9.18 Å². The monoisotopic (exact) mass is 206 g/mol. The number of nitrogens with one attached hydrogen (secondary N) is 3. The summed E-state index contributed by atoms with van der Waals surface area (Å²) in [5, 5.41) is 8.61. The molecule has 0 heterocycles. The first-order chi connectivity index (χ1) is 6.81. The maximum Gasteiger partial charge on any atom is 0.251 e. The van der Waals surface area contributed by atoms with Crippen molar-refractivity contribution < 1.29 is 9.18 Å². The Morgan fingerprint density at radius 2 is 1.64 bits per heavy atom. The van der Waals surface area contributed by atoms with Crippen LogP contribution in [0.1, 0.15) is 0 Å². The summed E-state index contributed by atoms with van der Waals surface area (Å²) >= 11 is 0. The van der Waals surface area contributed by atoms with Crippen LogP contribution in [0, 0.1) is 0 Å². The summed E-state index contributed by atoms with van der Waals surface area (Å²) in [5.41, 5.74) is 5.27. The molecule has 0 fully saturated rings. The largest absolute Gasteiger partial charge is 0.353 e. The summed E-state index contributed by atoms with van der Waals surface area (Å²) in [6, 6.07) is 0. The summed E-state index contributed by atoms with van der Waals surface area (Å²) in [4.78, 5) is 10.4. The van der Waals surface area contributed by atoms with Gasteiger partial charge in [-0.25, -0.2) is 4.39 Å². The zero-order valence-electron chi connectivity index (χ0n) is 8.31. The number of nitrogens with two attached hydrogens (primary N) is 1. The number of rotatable bonds is 9. The topological polar surface area (TPSA) is 79.2 Å². The number of halogens is 1. The van der Waals surface area contributed by atoms with Gasteiger partial charge in [-0.1, -0.05) is 0 Å². The van der Waals surface area contributed by atoms with Gasteiger partial charge in [0.2, 0.25) is 0 Å². The molecular formula is C8H19FN4O. The first-order valence-electron chi connectivity index (χ1n) is 4.75. The number of amides is 1. The van der Waals surface area contributed by atoms with Crippen LogP contribution in [0.25, 0.3) is 0 Å². The Kier molecular flexibility index (Phi) is 9.83. The Morgan fingerprint density at radius 1 is 1.07 bits per heavy atom. The molecule has 0 aromatic heterocycles. The van der Waals surface area contributed by atoms with Crippen molar-refractivity contribution in [1.82, 2.24) is 16.0 Å². The third-order valence-electron chi connectivity index (χ3n) is 1.54. The maximum atomic E-state index is 11.6. The minimum atomic E-state index is -0.946. The standard InChI is InChI=1S/C8H19FN4O/c9-7-8(14)13-6-5-12-4-3-11-2-1-10/h11-12H,1-7,10H2,(H,13,14). The Labute approximate surface area is 83.6 Å². The fourth-order valence-corrected chi connectivity index (χ4v) is 0.866. The van der Waals surface area contributed by atoms with Gasteiger partial charge >= 0.3 is 0 Å². The van der Waals surface area contributed by atoms with Gasteiger partial charge in [0.1, 0.15) is 0 Å². The molecule has 0 aromatic rings. The van der Waals surface area contributed by atoms with Crippen molar-refractivity contribution in [3.05, 3.63) is 0 Å². The van der Waals surface area contributed by atoms with E-state index in [-0.39, 0.29) is 0 Å². The van der Waals surface area contributed by atoms with Gasteiger partial charge in [-0.15, -0.1) is 0 Å². The summed E-state index contributed by atoms with van der Waals surface area (Å²) in [6.45, 7) is 3.25. The Morgan fingerprint density at radius 3 is 2.21 bits per heavy atom. The second kappa shape index (κ2) is 10.4. The highest BCUT2D eigenvalue weighted by Gasteiger charge is 1.96. The van der Waals surface area contributed by atoms with E-state index in [1.165, 1.54) is 0 Å². The Bertz CT molecular complexity index is 145. The van der Waals surface area contributed by atoms with Crippen LogP contribution in [0.3, 0.4) is 0 Å². The second-order valence-electron chi connectivity index (χ2n) is 2.77. The average molecular weight is 206 g/mol. The van der Waals surface area contributed by atoms with Gasteiger partial charge in [-0.2, -0.15) is 0 Å². The van der Waals surface area contributed by atoms with Crippen molar-refractivity contribution in [3.8, 4) is 0 Å². The molecule has 1 amide bonds. The van der Waals surface area contributed by atoms with Gasteiger partial charge < -0.3 is 21.7 Å². The SMILES string of the molecule is NCCNCCNCCNC(=O)CF. The summed E-state index contributed by atoms with van der Waals surface area (Å²) in [7, 11) is 0. The molecule has 0 aliphatic heterocycles. The van der Waals surface area contributed by atoms with E-state index in [1.807, 2.05) is 0 Å². The second-order valence-corrected chi connectivity index (χ2v) is 2.77. The van der Waals surface area contributed by atoms with Gasteiger partial charge in [0, 0.05) is 39.3 Å². The molecule has 14 heavy (non-hydrogen) atoms. The van der Waals surface area contributed by atoms with E-state index in [0.29, 0.717) is 19.6 Å². The molecule has 0 aliphatic rings. The zero-order chi connectivity index (χ0) is 10.6. The average Bonchev–Trinajstić information content (AvgIpc) is 2.21. The first-order valence-corrected chi connectivity index (χ1v) is 4.75. The molecule has 0 radical (unpaired) electrons. The van der Waals surface area contributed by atoms with Crippen molar-refractivity contribution >= 4 is 5.91 Å². The Hall–Kier alpha value is -0.720. The van der Waals surface area contributed by atoms with Crippen molar-refractivity contribution in [3.63, 3.8) is 0 Å². The lowest BCUT2D eigenvalue weighted by atomic mass is 10.5. The minimum absolute atomic E-state index is 0.458. The summed E-state index contributed by atoms with van der Waals surface area (Å²) in [6.07, 6.45) is 0. The van der Waals surface area contributed by atoms with Crippen LogP contribution in [0.5, 0.6) is 0 Å². The normalized spacial score (nSPS) is 10.1. The number of carbonyl (C=O) groups is 1. The van der Waals surface area contributed by atoms with Gasteiger partial charge in [-0.05, 0) is 0 Å². The molecule has 6 heteroatoms. The molecule has 0 rings (SSSR count). The molecule has 0 aromatic carbocycles. The number of hydrogen-bond donors (Lipinski definition) is 4. The number of alkyl halides is 1. The molecule has 0 bridgehead atoms. The molecule has 0 unspecified atom stereocenters. The third kappa shape index (κ3) is 9.37. The number of hydrogen-bond acceptors (Lipinski definition) is 4. The molecular weight excluding hydrogens is 187 g/mol. The highest BCUT2D eigenvalue weighted by molar-refractivity contribution is 5.76. The predicted octanol–water partition coefficient (Wildman–Crippen LogP) is -1.79.